The van der Waals surface area contributed by atoms with Crippen LogP contribution in [0.2, 0.25) is 0 Å². The Morgan fingerprint density at radius 2 is 2.00 bits per heavy atom. The van der Waals surface area contributed by atoms with Crippen LogP contribution in [-0.4, -0.2) is 30.4 Å². The van der Waals surface area contributed by atoms with Gasteiger partial charge in [-0.3, -0.25) is 0 Å². The van der Waals surface area contributed by atoms with Gasteiger partial charge in [-0.15, -0.1) is 11.6 Å². The highest BCUT2D eigenvalue weighted by Crippen LogP contribution is 2.32. The zero-order chi connectivity index (χ0) is 6.97. The van der Waals surface area contributed by atoms with E-state index in [1.165, 1.54) is 32.5 Å². The predicted molar refractivity (Wildman–Crippen MR) is 43.4 cm³/mol. The molecule has 0 N–H and O–H groups in total. The Balaban J connectivity index is 2.01. The van der Waals surface area contributed by atoms with Crippen molar-refractivity contribution in [3.05, 3.63) is 0 Å². The molecule has 3 rings (SSSR count). The summed E-state index contributed by atoms with van der Waals surface area (Å²) >= 11 is 5.85. The standard InChI is InChI=1S/C8H14ClN/c9-5-8-6-10-3-1-7(8)2-4-10/h7-8H,1-6H2. The summed E-state index contributed by atoms with van der Waals surface area (Å²) in [5, 5.41) is 0. The lowest BCUT2D eigenvalue weighted by Gasteiger charge is -2.44. The average molecular weight is 160 g/mol. The molecule has 0 radical (unpaired) electrons. The molecule has 1 nitrogen and oxygen atoms in total. The molecular formula is C8H14ClN. The third-order valence-corrected chi connectivity index (χ3v) is 3.39. The fourth-order valence-electron chi connectivity index (χ4n) is 2.26. The van der Waals surface area contributed by atoms with Crippen LogP contribution < -0.4 is 0 Å². The maximum absolute atomic E-state index is 5.85. The summed E-state index contributed by atoms with van der Waals surface area (Å²) in [6.07, 6.45) is 2.80. The number of hydrogen-bond donors (Lipinski definition) is 0. The Hall–Kier alpha value is 0.250. The van der Waals surface area contributed by atoms with Gasteiger partial charge in [-0.1, -0.05) is 0 Å². The first kappa shape index (κ1) is 6.93. The second kappa shape index (κ2) is 2.71. The van der Waals surface area contributed by atoms with Crippen LogP contribution in [0, 0.1) is 11.8 Å². The Labute approximate surface area is 67.3 Å². The van der Waals surface area contributed by atoms with Gasteiger partial charge in [-0.25, -0.2) is 0 Å². The van der Waals surface area contributed by atoms with Crippen molar-refractivity contribution in [3.63, 3.8) is 0 Å². The van der Waals surface area contributed by atoms with Crippen LogP contribution in [0.1, 0.15) is 12.8 Å². The van der Waals surface area contributed by atoms with Crippen molar-refractivity contribution in [1.29, 1.82) is 0 Å². The molecule has 0 spiro atoms. The van der Waals surface area contributed by atoms with Crippen molar-refractivity contribution in [1.82, 2.24) is 4.90 Å². The first-order valence-electron chi connectivity index (χ1n) is 4.18. The zero-order valence-corrected chi connectivity index (χ0v) is 6.98. The largest absolute Gasteiger partial charge is 0.303 e. The number of rotatable bonds is 1. The molecule has 0 amide bonds. The molecule has 3 fully saturated rings. The minimum absolute atomic E-state index is 0.809. The summed E-state index contributed by atoms with van der Waals surface area (Å²) < 4.78 is 0. The van der Waals surface area contributed by atoms with Gasteiger partial charge in [0, 0.05) is 12.4 Å². The van der Waals surface area contributed by atoms with Gasteiger partial charge in [-0.05, 0) is 37.8 Å². The lowest BCUT2D eigenvalue weighted by atomic mass is 9.80. The third-order valence-electron chi connectivity index (χ3n) is 2.99. The van der Waals surface area contributed by atoms with Gasteiger partial charge in [0.1, 0.15) is 0 Å². The SMILES string of the molecule is ClCC1CN2CCC1CC2. The Morgan fingerprint density at radius 3 is 2.30 bits per heavy atom. The van der Waals surface area contributed by atoms with Crippen molar-refractivity contribution in [2.75, 3.05) is 25.5 Å². The Kier molecular flexibility index (Phi) is 1.88. The fraction of sp³-hybridized carbons (Fsp3) is 1.00. The van der Waals surface area contributed by atoms with E-state index in [-0.39, 0.29) is 0 Å². The van der Waals surface area contributed by atoms with Crippen molar-refractivity contribution < 1.29 is 0 Å². The first-order valence-corrected chi connectivity index (χ1v) is 4.72. The van der Waals surface area contributed by atoms with Gasteiger partial charge < -0.3 is 4.90 Å². The number of halogens is 1. The van der Waals surface area contributed by atoms with Gasteiger partial charge >= 0.3 is 0 Å². The second-order valence-electron chi connectivity index (χ2n) is 3.55. The molecule has 3 heterocycles. The van der Waals surface area contributed by atoms with Gasteiger partial charge in [0.05, 0.1) is 0 Å². The smallest absolute Gasteiger partial charge is 0.0266 e. The molecule has 0 aromatic heterocycles. The molecule has 0 aromatic rings. The lowest BCUT2D eigenvalue weighted by Crippen LogP contribution is -2.47. The molecule has 1 atom stereocenters. The van der Waals surface area contributed by atoms with E-state index in [9.17, 15) is 0 Å². The number of nitrogens with zero attached hydrogens (tertiary/aromatic N) is 1. The number of piperidine rings is 3. The van der Waals surface area contributed by atoms with E-state index in [4.69, 9.17) is 11.6 Å². The van der Waals surface area contributed by atoms with Gasteiger partial charge in [0.25, 0.3) is 0 Å². The molecular weight excluding hydrogens is 146 g/mol. The highest BCUT2D eigenvalue weighted by molar-refractivity contribution is 6.18. The normalized spacial score (nSPS) is 45.9. The summed E-state index contributed by atoms with van der Waals surface area (Å²) in [7, 11) is 0. The fourth-order valence-corrected chi connectivity index (χ4v) is 2.61. The lowest BCUT2D eigenvalue weighted by molar-refractivity contribution is 0.0620. The molecule has 3 aliphatic rings. The summed E-state index contributed by atoms with van der Waals surface area (Å²) in [5.74, 6) is 2.65. The minimum Gasteiger partial charge on any atom is -0.303 e. The van der Waals surface area contributed by atoms with Crippen LogP contribution in [-0.2, 0) is 0 Å². The molecule has 58 valence electrons. The van der Waals surface area contributed by atoms with E-state index >= 15 is 0 Å². The number of fused-ring (bicyclic) bond motifs is 3. The van der Waals surface area contributed by atoms with E-state index in [2.05, 4.69) is 4.90 Å². The van der Waals surface area contributed by atoms with Crippen LogP contribution in [0.15, 0.2) is 0 Å². The summed E-state index contributed by atoms with van der Waals surface area (Å²) in [6.45, 7) is 3.93. The highest BCUT2D eigenvalue weighted by Gasteiger charge is 2.32. The predicted octanol–water partition coefficient (Wildman–Crippen LogP) is 1.57. The topological polar surface area (TPSA) is 3.24 Å². The summed E-state index contributed by atoms with van der Waals surface area (Å²) in [6, 6.07) is 0. The van der Waals surface area contributed by atoms with Crippen molar-refractivity contribution in [2.45, 2.75) is 12.8 Å². The van der Waals surface area contributed by atoms with Crippen molar-refractivity contribution in [3.8, 4) is 0 Å². The van der Waals surface area contributed by atoms with Crippen LogP contribution >= 0.6 is 11.6 Å². The summed E-state index contributed by atoms with van der Waals surface area (Å²) in [5.41, 5.74) is 0. The number of alkyl halides is 1. The molecule has 0 aliphatic carbocycles. The maximum atomic E-state index is 5.85. The van der Waals surface area contributed by atoms with Crippen LogP contribution in [0.3, 0.4) is 0 Å². The molecule has 0 saturated carbocycles. The second-order valence-corrected chi connectivity index (χ2v) is 3.86. The minimum atomic E-state index is 0.809. The maximum Gasteiger partial charge on any atom is 0.0266 e. The zero-order valence-electron chi connectivity index (χ0n) is 6.22. The van der Waals surface area contributed by atoms with Gasteiger partial charge in [0.2, 0.25) is 0 Å². The molecule has 1 unspecified atom stereocenters. The van der Waals surface area contributed by atoms with Crippen LogP contribution in [0.4, 0.5) is 0 Å². The van der Waals surface area contributed by atoms with E-state index in [0.717, 1.165) is 17.7 Å². The molecule has 0 aromatic carbocycles. The van der Waals surface area contributed by atoms with E-state index < -0.39 is 0 Å². The van der Waals surface area contributed by atoms with E-state index in [1.807, 2.05) is 0 Å². The monoisotopic (exact) mass is 159 g/mol. The average Bonchev–Trinajstić information content (AvgIpc) is 2.06. The molecule has 10 heavy (non-hydrogen) atoms. The highest BCUT2D eigenvalue weighted by atomic mass is 35.5. The van der Waals surface area contributed by atoms with E-state index in [1.54, 1.807) is 0 Å². The third kappa shape index (κ3) is 1.06. The van der Waals surface area contributed by atoms with Crippen molar-refractivity contribution in [2.24, 2.45) is 11.8 Å². The Morgan fingerprint density at radius 1 is 1.30 bits per heavy atom. The van der Waals surface area contributed by atoms with E-state index in [0.29, 0.717) is 0 Å². The quantitative estimate of drug-likeness (QED) is 0.525. The molecule has 2 heteroatoms. The van der Waals surface area contributed by atoms with Crippen LogP contribution in [0.5, 0.6) is 0 Å². The molecule has 3 saturated heterocycles. The van der Waals surface area contributed by atoms with Gasteiger partial charge in [-0.2, -0.15) is 0 Å². The summed E-state index contributed by atoms with van der Waals surface area (Å²) in [4.78, 5) is 2.55. The number of hydrogen-bond acceptors (Lipinski definition) is 1. The first-order chi connectivity index (χ1) is 4.90. The van der Waals surface area contributed by atoms with Gasteiger partial charge in [0.15, 0.2) is 0 Å². The molecule has 2 bridgehead atoms. The Bertz CT molecular complexity index is 118. The van der Waals surface area contributed by atoms with Crippen LogP contribution in [0.25, 0.3) is 0 Å². The molecule has 3 aliphatic heterocycles. The van der Waals surface area contributed by atoms with Crippen molar-refractivity contribution >= 4 is 11.6 Å².